The largest absolute Gasteiger partial charge is 0.390 e. The third kappa shape index (κ3) is 2.60. The monoisotopic (exact) mass is 249 g/mol. The Morgan fingerprint density at radius 2 is 2.28 bits per heavy atom. The lowest BCUT2D eigenvalue weighted by Gasteiger charge is -2.13. The van der Waals surface area contributed by atoms with Crippen molar-refractivity contribution in [2.75, 3.05) is 12.0 Å². The Hall–Kier alpha value is -2.08. The highest BCUT2D eigenvalue weighted by Gasteiger charge is 2.39. The molecular formula is C12H15N3O3. The molecule has 6 nitrogen and oxygen atoms in total. The second kappa shape index (κ2) is 5.05. The molecule has 1 heterocycles. The van der Waals surface area contributed by atoms with Gasteiger partial charge in [-0.25, -0.2) is 0 Å². The van der Waals surface area contributed by atoms with Gasteiger partial charge in [0, 0.05) is 6.54 Å². The number of hydrogen-bond donors (Lipinski definition) is 4. The van der Waals surface area contributed by atoms with Crippen molar-refractivity contribution in [1.29, 1.82) is 0 Å². The standard InChI is InChI=1S/C12H15N3O3/c1-7-3-2-4-8(5-7)14-15-12(18)10-9(16)6-13-11(10)17/h2-5,9-10,14,16H,6H2,1H3,(H,13,17)(H,15,18). The number of aliphatic hydroxyl groups excluding tert-OH is 1. The molecule has 2 amide bonds. The van der Waals surface area contributed by atoms with Crippen LogP contribution in [0.4, 0.5) is 5.69 Å². The molecule has 1 aromatic carbocycles. The molecule has 0 radical (unpaired) electrons. The molecule has 0 saturated carbocycles. The predicted octanol–water partition coefficient (Wildman–Crippen LogP) is -0.455. The average molecular weight is 249 g/mol. The highest BCUT2D eigenvalue weighted by molar-refractivity contribution is 6.02. The Balaban J connectivity index is 1.94. The van der Waals surface area contributed by atoms with Crippen LogP contribution in [-0.4, -0.2) is 29.6 Å². The van der Waals surface area contributed by atoms with Crippen molar-refractivity contribution in [3.05, 3.63) is 29.8 Å². The highest BCUT2D eigenvalue weighted by Crippen LogP contribution is 2.12. The first-order chi connectivity index (χ1) is 8.58. The van der Waals surface area contributed by atoms with E-state index in [1.807, 2.05) is 25.1 Å². The van der Waals surface area contributed by atoms with Gasteiger partial charge in [0.1, 0.15) is 5.92 Å². The first-order valence-corrected chi connectivity index (χ1v) is 5.66. The lowest BCUT2D eigenvalue weighted by atomic mass is 10.1. The Morgan fingerprint density at radius 3 is 2.89 bits per heavy atom. The van der Waals surface area contributed by atoms with Gasteiger partial charge >= 0.3 is 0 Å². The van der Waals surface area contributed by atoms with E-state index in [0.717, 1.165) is 11.3 Å². The highest BCUT2D eigenvalue weighted by atomic mass is 16.3. The average Bonchev–Trinajstić information content (AvgIpc) is 2.66. The zero-order valence-corrected chi connectivity index (χ0v) is 9.93. The van der Waals surface area contributed by atoms with E-state index in [-0.39, 0.29) is 6.54 Å². The van der Waals surface area contributed by atoms with Crippen LogP contribution in [0.5, 0.6) is 0 Å². The molecule has 1 fully saturated rings. The molecule has 4 N–H and O–H groups in total. The number of aryl methyl sites for hydroxylation is 1. The van der Waals surface area contributed by atoms with Crippen LogP contribution in [0.3, 0.4) is 0 Å². The van der Waals surface area contributed by atoms with Gasteiger partial charge in [-0.3, -0.25) is 20.4 Å². The number of carbonyl (C=O) groups is 2. The summed E-state index contributed by atoms with van der Waals surface area (Å²) in [6.45, 7) is 2.04. The van der Waals surface area contributed by atoms with Gasteiger partial charge in [-0.1, -0.05) is 12.1 Å². The van der Waals surface area contributed by atoms with E-state index in [2.05, 4.69) is 16.2 Å². The summed E-state index contributed by atoms with van der Waals surface area (Å²) in [6, 6.07) is 7.42. The fraction of sp³-hybridized carbons (Fsp3) is 0.333. The molecule has 2 rings (SSSR count). The molecule has 6 heteroatoms. The number of rotatable bonds is 3. The van der Waals surface area contributed by atoms with Crippen molar-refractivity contribution in [2.24, 2.45) is 5.92 Å². The van der Waals surface area contributed by atoms with E-state index in [9.17, 15) is 14.7 Å². The quantitative estimate of drug-likeness (QED) is 0.431. The zero-order valence-electron chi connectivity index (χ0n) is 9.93. The fourth-order valence-electron chi connectivity index (χ4n) is 1.84. The van der Waals surface area contributed by atoms with Gasteiger partial charge in [0.05, 0.1) is 11.8 Å². The number of benzene rings is 1. The third-order valence-electron chi connectivity index (χ3n) is 2.78. The maximum Gasteiger partial charge on any atom is 0.253 e. The summed E-state index contributed by atoms with van der Waals surface area (Å²) in [4.78, 5) is 23.1. The van der Waals surface area contributed by atoms with E-state index in [1.165, 1.54) is 0 Å². The summed E-state index contributed by atoms with van der Waals surface area (Å²) in [5.41, 5.74) is 6.90. The molecular weight excluding hydrogens is 234 g/mol. The molecule has 0 bridgehead atoms. The molecule has 1 aliphatic heterocycles. The third-order valence-corrected chi connectivity index (χ3v) is 2.78. The number of anilines is 1. The molecule has 1 aromatic rings. The first-order valence-electron chi connectivity index (χ1n) is 5.66. The minimum absolute atomic E-state index is 0.112. The number of aliphatic hydroxyl groups is 1. The van der Waals surface area contributed by atoms with Crippen LogP contribution in [-0.2, 0) is 9.59 Å². The first kappa shape index (κ1) is 12.4. The van der Waals surface area contributed by atoms with Crippen LogP contribution in [0, 0.1) is 12.8 Å². The summed E-state index contributed by atoms with van der Waals surface area (Å²) >= 11 is 0. The molecule has 96 valence electrons. The lowest BCUT2D eigenvalue weighted by Crippen LogP contribution is -2.41. The Labute approximate surface area is 104 Å². The molecule has 2 unspecified atom stereocenters. The Kier molecular flexibility index (Phi) is 3.47. The molecule has 0 aromatic heterocycles. The van der Waals surface area contributed by atoms with Crippen LogP contribution in [0.15, 0.2) is 24.3 Å². The van der Waals surface area contributed by atoms with Crippen molar-refractivity contribution in [3.63, 3.8) is 0 Å². The van der Waals surface area contributed by atoms with E-state index in [1.54, 1.807) is 6.07 Å². The normalized spacial score (nSPS) is 22.4. The molecule has 1 aliphatic rings. The van der Waals surface area contributed by atoms with E-state index >= 15 is 0 Å². The SMILES string of the molecule is Cc1cccc(NNC(=O)C2C(=O)NCC2O)c1. The van der Waals surface area contributed by atoms with Crippen LogP contribution in [0.2, 0.25) is 0 Å². The molecule has 18 heavy (non-hydrogen) atoms. The lowest BCUT2D eigenvalue weighted by molar-refractivity contribution is -0.135. The van der Waals surface area contributed by atoms with E-state index in [0.29, 0.717) is 0 Å². The summed E-state index contributed by atoms with van der Waals surface area (Å²) in [5.74, 6) is -2.05. The van der Waals surface area contributed by atoms with Crippen LogP contribution < -0.4 is 16.2 Å². The maximum atomic E-state index is 11.7. The van der Waals surface area contributed by atoms with Gasteiger partial charge in [0.2, 0.25) is 5.91 Å². The van der Waals surface area contributed by atoms with Crippen molar-refractivity contribution in [1.82, 2.24) is 10.7 Å². The Morgan fingerprint density at radius 1 is 1.50 bits per heavy atom. The van der Waals surface area contributed by atoms with Gasteiger partial charge in [0.25, 0.3) is 5.91 Å². The number of nitrogens with one attached hydrogen (secondary N) is 3. The van der Waals surface area contributed by atoms with Gasteiger partial charge in [-0.2, -0.15) is 0 Å². The number of hydrazine groups is 1. The second-order valence-electron chi connectivity index (χ2n) is 4.27. The molecule has 2 atom stereocenters. The van der Waals surface area contributed by atoms with Gasteiger partial charge in [-0.05, 0) is 24.6 Å². The van der Waals surface area contributed by atoms with Crippen LogP contribution in [0.25, 0.3) is 0 Å². The second-order valence-corrected chi connectivity index (χ2v) is 4.27. The topological polar surface area (TPSA) is 90.5 Å². The number of hydrogen-bond acceptors (Lipinski definition) is 4. The van der Waals surface area contributed by atoms with Crippen molar-refractivity contribution in [3.8, 4) is 0 Å². The van der Waals surface area contributed by atoms with Crippen molar-refractivity contribution in [2.45, 2.75) is 13.0 Å². The molecule has 0 aliphatic carbocycles. The summed E-state index contributed by atoms with van der Waals surface area (Å²) in [6.07, 6.45) is -0.975. The number of carbonyl (C=O) groups excluding carboxylic acids is 2. The minimum Gasteiger partial charge on any atom is -0.390 e. The fourth-order valence-corrected chi connectivity index (χ4v) is 1.84. The smallest absolute Gasteiger partial charge is 0.253 e. The van der Waals surface area contributed by atoms with E-state index in [4.69, 9.17) is 0 Å². The minimum atomic E-state index is -1.05. The van der Waals surface area contributed by atoms with Crippen molar-refractivity contribution < 1.29 is 14.7 Å². The summed E-state index contributed by atoms with van der Waals surface area (Å²) < 4.78 is 0. The predicted molar refractivity (Wildman–Crippen MR) is 65.5 cm³/mol. The summed E-state index contributed by atoms with van der Waals surface area (Å²) in [7, 11) is 0. The zero-order chi connectivity index (χ0) is 13.1. The van der Waals surface area contributed by atoms with Crippen LogP contribution >= 0.6 is 0 Å². The molecule has 1 saturated heterocycles. The van der Waals surface area contributed by atoms with Crippen molar-refractivity contribution >= 4 is 17.5 Å². The maximum absolute atomic E-state index is 11.7. The van der Waals surface area contributed by atoms with Gasteiger partial charge in [-0.15, -0.1) is 0 Å². The van der Waals surface area contributed by atoms with Gasteiger partial charge in [0.15, 0.2) is 0 Å². The summed E-state index contributed by atoms with van der Waals surface area (Å²) in [5, 5.41) is 11.9. The van der Waals surface area contributed by atoms with Gasteiger partial charge < -0.3 is 10.4 Å². The number of amides is 2. The Bertz CT molecular complexity index is 475. The van der Waals surface area contributed by atoms with E-state index < -0.39 is 23.8 Å². The number of β-amino-alcohol motifs (C(OH)–C–C–N with tert-alkyl or cyclic N) is 1. The van der Waals surface area contributed by atoms with Crippen LogP contribution in [0.1, 0.15) is 5.56 Å². The molecule has 0 spiro atoms.